The summed E-state index contributed by atoms with van der Waals surface area (Å²) in [5, 5.41) is 20.5. The number of nitrogens with zero attached hydrogens (tertiary/aromatic N) is 3. The number of aromatic nitrogens is 3. The minimum absolute atomic E-state index is 0.143. The van der Waals surface area contributed by atoms with Gasteiger partial charge in [0.05, 0.1) is 11.3 Å². The predicted octanol–water partition coefficient (Wildman–Crippen LogP) is 3.44. The molecule has 1 aromatic heterocycles. The maximum atomic E-state index is 12.2. The summed E-state index contributed by atoms with van der Waals surface area (Å²) in [6.07, 6.45) is 0. The zero-order valence-corrected chi connectivity index (χ0v) is 17.7. The molecule has 3 aromatic rings. The summed E-state index contributed by atoms with van der Waals surface area (Å²) in [6, 6.07) is 11.9. The van der Waals surface area contributed by atoms with E-state index in [2.05, 4.69) is 15.5 Å². The average molecular weight is 426 g/mol. The smallest absolute Gasteiger partial charge is 0.335 e. The molecule has 0 aliphatic heterocycles. The number of ether oxygens (including phenoxy) is 1. The van der Waals surface area contributed by atoms with E-state index in [1.165, 1.54) is 23.9 Å². The van der Waals surface area contributed by atoms with Crippen LogP contribution in [-0.2, 0) is 18.4 Å². The Morgan fingerprint density at radius 2 is 1.87 bits per heavy atom. The van der Waals surface area contributed by atoms with Crippen molar-refractivity contribution in [2.75, 3.05) is 11.1 Å². The quantitative estimate of drug-likeness (QED) is 0.532. The van der Waals surface area contributed by atoms with Gasteiger partial charge in [0.2, 0.25) is 5.91 Å². The van der Waals surface area contributed by atoms with Gasteiger partial charge in [-0.15, -0.1) is 10.2 Å². The zero-order valence-electron chi connectivity index (χ0n) is 16.9. The van der Waals surface area contributed by atoms with Crippen LogP contribution >= 0.6 is 11.8 Å². The monoisotopic (exact) mass is 426 g/mol. The number of nitrogens with one attached hydrogen (secondary N) is 1. The molecule has 156 valence electrons. The molecule has 8 nitrogen and oxygen atoms in total. The number of aromatic carboxylic acids is 1. The van der Waals surface area contributed by atoms with Crippen LogP contribution in [0.2, 0.25) is 0 Å². The highest BCUT2D eigenvalue weighted by Crippen LogP contribution is 2.22. The van der Waals surface area contributed by atoms with Crippen molar-refractivity contribution in [3.8, 4) is 5.75 Å². The molecular weight excluding hydrogens is 404 g/mol. The molecule has 0 atom stereocenters. The van der Waals surface area contributed by atoms with Gasteiger partial charge in [-0.25, -0.2) is 4.79 Å². The lowest BCUT2D eigenvalue weighted by Crippen LogP contribution is -2.14. The maximum absolute atomic E-state index is 12.2. The Morgan fingerprint density at radius 1 is 1.13 bits per heavy atom. The molecule has 2 aromatic carbocycles. The van der Waals surface area contributed by atoms with Crippen molar-refractivity contribution in [1.29, 1.82) is 0 Å². The van der Waals surface area contributed by atoms with Gasteiger partial charge in [-0.1, -0.05) is 23.9 Å². The summed E-state index contributed by atoms with van der Waals surface area (Å²) >= 11 is 1.26. The second-order valence-electron chi connectivity index (χ2n) is 6.66. The van der Waals surface area contributed by atoms with E-state index in [-0.39, 0.29) is 23.8 Å². The fourth-order valence-corrected chi connectivity index (χ4v) is 3.37. The SMILES string of the molecule is Cc1cccc(OCc2nnc(SCC(=O)Nc3ccc(C(=O)O)cc3)n2C)c1C. The second-order valence-corrected chi connectivity index (χ2v) is 7.61. The first-order chi connectivity index (χ1) is 14.3. The van der Waals surface area contributed by atoms with Crippen molar-refractivity contribution in [3.63, 3.8) is 0 Å². The van der Waals surface area contributed by atoms with Gasteiger partial charge < -0.3 is 19.7 Å². The number of anilines is 1. The summed E-state index contributed by atoms with van der Waals surface area (Å²) in [5.74, 6) is 0.371. The fraction of sp³-hybridized carbons (Fsp3) is 0.238. The van der Waals surface area contributed by atoms with E-state index in [9.17, 15) is 9.59 Å². The fourth-order valence-electron chi connectivity index (χ4n) is 2.64. The van der Waals surface area contributed by atoms with E-state index in [4.69, 9.17) is 9.84 Å². The Balaban J connectivity index is 1.53. The molecule has 0 saturated carbocycles. The number of aryl methyl sites for hydroxylation is 1. The molecule has 0 bridgehead atoms. The summed E-state index contributed by atoms with van der Waals surface area (Å²) in [4.78, 5) is 23.0. The van der Waals surface area contributed by atoms with Crippen molar-refractivity contribution in [2.24, 2.45) is 7.05 Å². The molecule has 30 heavy (non-hydrogen) atoms. The summed E-state index contributed by atoms with van der Waals surface area (Å²) in [6.45, 7) is 4.32. The molecule has 1 heterocycles. The molecule has 2 N–H and O–H groups in total. The van der Waals surface area contributed by atoms with Gasteiger partial charge >= 0.3 is 5.97 Å². The van der Waals surface area contributed by atoms with Gasteiger partial charge in [-0.05, 0) is 55.3 Å². The van der Waals surface area contributed by atoms with Crippen LogP contribution < -0.4 is 10.1 Å². The Hall–Kier alpha value is -3.33. The standard InChI is InChI=1S/C21H22N4O4S/c1-13-5-4-6-17(14(13)2)29-11-18-23-24-21(25(18)3)30-12-19(26)22-16-9-7-15(8-10-16)20(27)28/h4-10H,11-12H2,1-3H3,(H,22,26)(H,27,28). The first-order valence-corrected chi connectivity index (χ1v) is 10.2. The van der Waals surface area contributed by atoms with Gasteiger partial charge in [0.25, 0.3) is 0 Å². The molecule has 0 spiro atoms. The van der Waals surface area contributed by atoms with Crippen LogP contribution in [-0.4, -0.2) is 37.5 Å². The minimum atomic E-state index is -1.01. The third kappa shape index (κ3) is 5.18. The summed E-state index contributed by atoms with van der Waals surface area (Å²) in [5.41, 5.74) is 2.94. The Kier molecular flexibility index (Phi) is 6.73. The highest BCUT2D eigenvalue weighted by molar-refractivity contribution is 7.99. The Labute approximate surface area is 178 Å². The van der Waals surface area contributed by atoms with Gasteiger partial charge in [-0.2, -0.15) is 0 Å². The van der Waals surface area contributed by atoms with Gasteiger partial charge in [0.1, 0.15) is 12.4 Å². The molecular formula is C21H22N4O4S. The number of rotatable bonds is 8. The third-order valence-electron chi connectivity index (χ3n) is 4.58. The lowest BCUT2D eigenvalue weighted by Gasteiger charge is -2.10. The van der Waals surface area contributed by atoms with Crippen molar-refractivity contribution < 1.29 is 19.4 Å². The zero-order chi connectivity index (χ0) is 21.7. The van der Waals surface area contributed by atoms with Crippen molar-refractivity contribution in [3.05, 3.63) is 65.0 Å². The van der Waals surface area contributed by atoms with Gasteiger partial charge in [0, 0.05) is 12.7 Å². The molecule has 3 rings (SSSR count). The average Bonchev–Trinajstić information content (AvgIpc) is 3.07. The molecule has 0 aliphatic rings. The van der Waals surface area contributed by atoms with Gasteiger partial charge in [-0.3, -0.25) is 4.79 Å². The molecule has 0 aliphatic carbocycles. The number of benzene rings is 2. The van der Waals surface area contributed by atoms with Crippen molar-refractivity contribution in [2.45, 2.75) is 25.6 Å². The van der Waals surface area contributed by atoms with Crippen LogP contribution in [0.4, 0.5) is 5.69 Å². The number of thioether (sulfide) groups is 1. The van der Waals surface area contributed by atoms with Crippen LogP contribution in [0.15, 0.2) is 47.6 Å². The van der Waals surface area contributed by atoms with E-state index >= 15 is 0 Å². The van der Waals surface area contributed by atoms with E-state index in [0.29, 0.717) is 16.7 Å². The summed E-state index contributed by atoms with van der Waals surface area (Å²) in [7, 11) is 1.83. The normalized spacial score (nSPS) is 10.6. The number of carboxylic acids is 1. The van der Waals surface area contributed by atoms with Crippen LogP contribution in [0.3, 0.4) is 0 Å². The number of carbonyl (C=O) groups excluding carboxylic acids is 1. The minimum Gasteiger partial charge on any atom is -0.485 e. The number of hydrogen-bond donors (Lipinski definition) is 2. The van der Waals surface area contributed by atoms with E-state index in [1.807, 2.05) is 39.1 Å². The summed E-state index contributed by atoms with van der Waals surface area (Å²) < 4.78 is 7.67. The first-order valence-electron chi connectivity index (χ1n) is 9.18. The second kappa shape index (κ2) is 9.45. The molecule has 1 amide bonds. The highest BCUT2D eigenvalue weighted by atomic mass is 32.2. The number of carbonyl (C=O) groups is 2. The van der Waals surface area contributed by atoms with Crippen LogP contribution in [0.5, 0.6) is 5.75 Å². The lowest BCUT2D eigenvalue weighted by atomic mass is 10.1. The topological polar surface area (TPSA) is 106 Å². The highest BCUT2D eigenvalue weighted by Gasteiger charge is 2.13. The Morgan fingerprint density at radius 3 is 2.57 bits per heavy atom. The van der Waals surface area contributed by atoms with Crippen LogP contribution in [0.25, 0.3) is 0 Å². The maximum Gasteiger partial charge on any atom is 0.335 e. The third-order valence-corrected chi connectivity index (χ3v) is 5.60. The number of amides is 1. The van der Waals surface area contributed by atoms with Gasteiger partial charge in [0.15, 0.2) is 11.0 Å². The van der Waals surface area contributed by atoms with E-state index in [1.54, 1.807) is 16.7 Å². The Bertz CT molecular complexity index is 1060. The van der Waals surface area contributed by atoms with Crippen LogP contribution in [0, 0.1) is 13.8 Å². The number of hydrogen-bond acceptors (Lipinski definition) is 6. The first kappa shape index (κ1) is 21.4. The van der Waals surface area contributed by atoms with Crippen molar-refractivity contribution in [1.82, 2.24) is 14.8 Å². The molecule has 0 unspecified atom stereocenters. The van der Waals surface area contributed by atoms with E-state index < -0.39 is 5.97 Å². The molecule has 0 saturated heterocycles. The number of carboxylic acid groups (broad SMARTS) is 1. The lowest BCUT2D eigenvalue weighted by molar-refractivity contribution is -0.113. The van der Waals surface area contributed by atoms with Crippen LogP contribution in [0.1, 0.15) is 27.3 Å². The molecule has 0 fully saturated rings. The van der Waals surface area contributed by atoms with E-state index in [0.717, 1.165) is 16.9 Å². The largest absolute Gasteiger partial charge is 0.485 e. The predicted molar refractivity (Wildman–Crippen MR) is 114 cm³/mol. The molecule has 0 radical (unpaired) electrons. The molecule has 9 heteroatoms. The van der Waals surface area contributed by atoms with Crippen molar-refractivity contribution >= 4 is 29.3 Å².